The van der Waals surface area contributed by atoms with E-state index in [0.717, 1.165) is 22.7 Å². The summed E-state index contributed by atoms with van der Waals surface area (Å²) in [5, 5.41) is 11.1. The number of carbonyl (C=O) groups excluding carboxylic acids is 1. The van der Waals surface area contributed by atoms with E-state index in [1.54, 1.807) is 4.68 Å². The highest BCUT2D eigenvalue weighted by Gasteiger charge is 2.17. The number of rotatable bonds is 9. The maximum Gasteiger partial charge on any atom is 0.273 e. The molecule has 0 bridgehead atoms. The van der Waals surface area contributed by atoms with Gasteiger partial charge in [0.1, 0.15) is 18.1 Å². The number of terminal acetylenes is 1. The van der Waals surface area contributed by atoms with E-state index in [1.165, 1.54) is 0 Å². The summed E-state index contributed by atoms with van der Waals surface area (Å²) in [5.41, 5.74) is 2.87. The Morgan fingerprint density at radius 3 is 2.45 bits per heavy atom. The number of hydrogen-bond acceptors (Lipinski definition) is 5. The fraction of sp³-hybridized carbons (Fsp3) is 0.292. The average Bonchev–Trinajstić information content (AvgIpc) is 3.14. The first-order valence-corrected chi connectivity index (χ1v) is 10.1. The summed E-state index contributed by atoms with van der Waals surface area (Å²) < 4.78 is 12.7. The number of amides is 1. The SMILES string of the molecule is C#CCOc1ccc(CCNC(=O)c2nnn(-c3ccc(OC(C)C)cc3)c2C)cc1. The van der Waals surface area contributed by atoms with Crippen molar-refractivity contribution in [3.8, 4) is 29.5 Å². The van der Waals surface area contributed by atoms with Crippen LogP contribution in [0.15, 0.2) is 48.5 Å². The van der Waals surface area contributed by atoms with Crippen LogP contribution in [0.5, 0.6) is 11.5 Å². The van der Waals surface area contributed by atoms with Gasteiger partial charge in [-0.3, -0.25) is 4.79 Å². The van der Waals surface area contributed by atoms with Gasteiger partial charge in [-0.1, -0.05) is 23.3 Å². The van der Waals surface area contributed by atoms with Gasteiger partial charge in [-0.25, -0.2) is 4.68 Å². The molecule has 3 rings (SSSR count). The molecular weight excluding hydrogens is 392 g/mol. The molecule has 0 saturated carbocycles. The van der Waals surface area contributed by atoms with Gasteiger partial charge in [0.05, 0.1) is 17.5 Å². The zero-order chi connectivity index (χ0) is 22.2. The Morgan fingerprint density at radius 2 is 1.81 bits per heavy atom. The van der Waals surface area contributed by atoms with Gasteiger partial charge >= 0.3 is 0 Å². The van der Waals surface area contributed by atoms with Crippen LogP contribution in [-0.2, 0) is 6.42 Å². The van der Waals surface area contributed by atoms with Gasteiger partial charge in [-0.15, -0.1) is 11.5 Å². The van der Waals surface area contributed by atoms with E-state index in [9.17, 15) is 4.79 Å². The first kappa shape index (κ1) is 21.9. The third kappa shape index (κ3) is 5.86. The lowest BCUT2D eigenvalue weighted by atomic mass is 10.1. The van der Waals surface area contributed by atoms with Crippen molar-refractivity contribution in [3.05, 3.63) is 65.5 Å². The summed E-state index contributed by atoms with van der Waals surface area (Å²) in [4.78, 5) is 12.6. The highest BCUT2D eigenvalue weighted by atomic mass is 16.5. The van der Waals surface area contributed by atoms with Crippen LogP contribution in [0.4, 0.5) is 0 Å². The Labute approximate surface area is 182 Å². The monoisotopic (exact) mass is 418 g/mol. The molecule has 1 amide bonds. The minimum Gasteiger partial charge on any atom is -0.491 e. The molecule has 0 saturated heterocycles. The minimum absolute atomic E-state index is 0.106. The molecule has 1 heterocycles. The molecule has 0 spiro atoms. The lowest BCUT2D eigenvalue weighted by molar-refractivity contribution is 0.0948. The van der Waals surface area contributed by atoms with Crippen molar-refractivity contribution < 1.29 is 14.3 Å². The summed E-state index contributed by atoms with van der Waals surface area (Å²) in [6, 6.07) is 15.1. The Kier molecular flexibility index (Phi) is 7.28. The summed E-state index contributed by atoms with van der Waals surface area (Å²) in [5.74, 6) is 3.68. The maximum absolute atomic E-state index is 12.6. The number of ether oxygens (including phenoxy) is 2. The van der Waals surface area contributed by atoms with Crippen LogP contribution in [-0.4, -0.2) is 40.2 Å². The lowest BCUT2D eigenvalue weighted by Crippen LogP contribution is -2.26. The van der Waals surface area contributed by atoms with Crippen molar-refractivity contribution in [3.63, 3.8) is 0 Å². The third-order valence-corrected chi connectivity index (χ3v) is 4.51. The third-order valence-electron chi connectivity index (χ3n) is 4.51. The molecule has 160 valence electrons. The van der Waals surface area contributed by atoms with Crippen molar-refractivity contribution in [1.82, 2.24) is 20.3 Å². The molecule has 1 aromatic heterocycles. The molecule has 1 N–H and O–H groups in total. The largest absolute Gasteiger partial charge is 0.491 e. The van der Waals surface area contributed by atoms with Crippen molar-refractivity contribution >= 4 is 5.91 Å². The Hall–Kier alpha value is -3.79. The van der Waals surface area contributed by atoms with Gasteiger partial charge in [0.15, 0.2) is 5.69 Å². The van der Waals surface area contributed by atoms with Crippen molar-refractivity contribution in [2.24, 2.45) is 0 Å². The van der Waals surface area contributed by atoms with Crippen molar-refractivity contribution in [2.75, 3.05) is 13.2 Å². The number of nitrogens with one attached hydrogen (secondary N) is 1. The van der Waals surface area contributed by atoms with Gasteiger partial charge in [-0.05, 0) is 69.2 Å². The molecule has 7 nitrogen and oxygen atoms in total. The number of benzene rings is 2. The van der Waals surface area contributed by atoms with Crippen LogP contribution in [0.3, 0.4) is 0 Å². The fourth-order valence-corrected chi connectivity index (χ4v) is 3.00. The predicted molar refractivity (Wildman–Crippen MR) is 119 cm³/mol. The first-order chi connectivity index (χ1) is 15.0. The lowest BCUT2D eigenvalue weighted by Gasteiger charge is -2.10. The number of nitrogens with zero attached hydrogens (tertiary/aromatic N) is 3. The van der Waals surface area contributed by atoms with E-state index in [2.05, 4.69) is 21.5 Å². The smallest absolute Gasteiger partial charge is 0.273 e. The Bertz CT molecular complexity index is 1050. The van der Waals surface area contributed by atoms with Gasteiger partial charge in [-0.2, -0.15) is 0 Å². The quantitative estimate of drug-likeness (QED) is 0.539. The molecule has 7 heteroatoms. The summed E-state index contributed by atoms with van der Waals surface area (Å²) in [6.07, 6.45) is 5.98. The van der Waals surface area contributed by atoms with Gasteiger partial charge in [0.25, 0.3) is 5.91 Å². The first-order valence-electron chi connectivity index (χ1n) is 10.1. The fourth-order valence-electron chi connectivity index (χ4n) is 3.00. The molecule has 31 heavy (non-hydrogen) atoms. The van der Waals surface area contributed by atoms with Gasteiger partial charge in [0, 0.05) is 6.54 Å². The van der Waals surface area contributed by atoms with Crippen LogP contribution in [0.25, 0.3) is 5.69 Å². The molecule has 0 fully saturated rings. The van der Waals surface area contributed by atoms with E-state index < -0.39 is 0 Å². The summed E-state index contributed by atoms with van der Waals surface area (Å²) >= 11 is 0. The normalized spacial score (nSPS) is 10.5. The second kappa shape index (κ2) is 10.3. The van der Waals surface area contributed by atoms with Crippen LogP contribution >= 0.6 is 0 Å². The van der Waals surface area contributed by atoms with E-state index in [1.807, 2.05) is 69.3 Å². The predicted octanol–water partition coefficient (Wildman–Crippen LogP) is 3.35. The van der Waals surface area contributed by atoms with Gasteiger partial charge in [0.2, 0.25) is 0 Å². The van der Waals surface area contributed by atoms with E-state index in [4.69, 9.17) is 15.9 Å². The molecule has 0 radical (unpaired) electrons. The molecule has 0 atom stereocenters. The van der Waals surface area contributed by atoms with Crippen LogP contribution in [0.2, 0.25) is 0 Å². The number of aromatic nitrogens is 3. The van der Waals surface area contributed by atoms with Crippen LogP contribution < -0.4 is 14.8 Å². The molecule has 0 unspecified atom stereocenters. The standard InChI is InChI=1S/C24H26N4O3/c1-5-16-30-21-10-6-19(7-11-21)14-15-25-24(29)23-18(4)28(27-26-23)20-8-12-22(13-9-20)31-17(2)3/h1,6-13,17H,14-16H2,2-4H3,(H,25,29). The van der Waals surface area contributed by atoms with E-state index in [0.29, 0.717) is 24.4 Å². The topological polar surface area (TPSA) is 78.3 Å². The van der Waals surface area contributed by atoms with E-state index >= 15 is 0 Å². The molecule has 3 aromatic rings. The summed E-state index contributed by atoms with van der Waals surface area (Å²) in [7, 11) is 0. The molecule has 2 aromatic carbocycles. The molecular formula is C24H26N4O3. The van der Waals surface area contributed by atoms with Crippen molar-refractivity contribution in [1.29, 1.82) is 0 Å². The Morgan fingerprint density at radius 1 is 1.13 bits per heavy atom. The zero-order valence-corrected chi connectivity index (χ0v) is 18.0. The highest BCUT2D eigenvalue weighted by molar-refractivity contribution is 5.93. The van der Waals surface area contributed by atoms with Crippen LogP contribution in [0, 0.1) is 19.3 Å². The second-order valence-electron chi connectivity index (χ2n) is 7.24. The van der Waals surface area contributed by atoms with E-state index in [-0.39, 0.29) is 18.6 Å². The highest BCUT2D eigenvalue weighted by Crippen LogP contribution is 2.18. The number of carbonyl (C=O) groups is 1. The molecule has 0 aliphatic rings. The van der Waals surface area contributed by atoms with Crippen LogP contribution in [0.1, 0.15) is 35.6 Å². The summed E-state index contributed by atoms with van der Waals surface area (Å²) in [6.45, 7) is 6.50. The zero-order valence-electron chi connectivity index (χ0n) is 18.0. The minimum atomic E-state index is -0.252. The maximum atomic E-state index is 12.6. The second-order valence-corrected chi connectivity index (χ2v) is 7.24. The number of hydrogen-bond donors (Lipinski definition) is 1. The average molecular weight is 418 g/mol. The van der Waals surface area contributed by atoms with Gasteiger partial charge < -0.3 is 14.8 Å². The molecule has 0 aliphatic heterocycles. The van der Waals surface area contributed by atoms with Crippen molar-refractivity contribution in [2.45, 2.75) is 33.3 Å². The molecule has 0 aliphatic carbocycles. The Balaban J connectivity index is 1.57.